The molecule has 0 radical (unpaired) electrons. The molecule has 0 spiro atoms. The number of rotatable bonds is 5. The Bertz CT molecular complexity index is 776. The van der Waals surface area contributed by atoms with Gasteiger partial charge in [-0.15, -0.1) is 0 Å². The highest BCUT2D eigenvalue weighted by Gasteiger charge is 2.17. The molecule has 3 aromatic rings. The van der Waals surface area contributed by atoms with E-state index in [0.29, 0.717) is 0 Å². The zero-order valence-corrected chi connectivity index (χ0v) is 13.2. The van der Waals surface area contributed by atoms with Crippen LogP contribution < -0.4 is 0 Å². The monoisotopic (exact) mass is 294 g/mol. The van der Waals surface area contributed by atoms with Gasteiger partial charge in [0.2, 0.25) is 0 Å². The fourth-order valence-electron chi connectivity index (χ4n) is 2.88. The van der Waals surface area contributed by atoms with E-state index in [9.17, 15) is 5.11 Å². The summed E-state index contributed by atoms with van der Waals surface area (Å²) in [7, 11) is 0. The summed E-state index contributed by atoms with van der Waals surface area (Å²) < 4.78 is 2.15. The van der Waals surface area contributed by atoms with Crippen LogP contribution in [0.4, 0.5) is 0 Å². The minimum Gasteiger partial charge on any atom is -0.385 e. The summed E-state index contributed by atoms with van der Waals surface area (Å²) >= 11 is 0. The third kappa shape index (κ3) is 2.77. The summed E-state index contributed by atoms with van der Waals surface area (Å²) in [6.45, 7) is 4.94. The topological polar surface area (TPSA) is 38.1 Å². The van der Waals surface area contributed by atoms with Crippen LogP contribution in [0.15, 0.2) is 48.5 Å². The van der Waals surface area contributed by atoms with E-state index in [1.54, 1.807) is 0 Å². The van der Waals surface area contributed by atoms with E-state index in [0.717, 1.165) is 36.2 Å². The highest BCUT2D eigenvalue weighted by atomic mass is 16.3. The molecule has 0 amide bonds. The number of aliphatic hydroxyl groups excluding tert-OH is 1. The lowest BCUT2D eigenvalue weighted by atomic mass is 10.1. The lowest BCUT2D eigenvalue weighted by molar-refractivity contribution is 0.153. The highest BCUT2D eigenvalue weighted by molar-refractivity contribution is 5.76. The molecule has 1 aromatic heterocycles. The Hall–Kier alpha value is -2.13. The molecule has 1 atom stereocenters. The maximum Gasteiger partial charge on any atom is 0.139 e. The predicted octanol–water partition coefficient (Wildman–Crippen LogP) is 4.23. The lowest BCUT2D eigenvalue weighted by Crippen LogP contribution is -2.10. The second-order valence-electron chi connectivity index (χ2n) is 5.78. The smallest absolute Gasteiger partial charge is 0.139 e. The van der Waals surface area contributed by atoms with Gasteiger partial charge in [-0.05, 0) is 36.6 Å². The van der Waals surface area contributed by atoms with E-state index < -0.39 is 6.10 Å². The summed E-state index contributed by atoms with van der Waals surface area (Å²) in [5.41, 5.74) is 4.55. The molecule has 0 aliphatic heterocycles. The van der Waals surface area contributed by atoms with Crippen molar-refractivity contribution in [2.45, 2.75) is 39.3 Å². The van der Waals surface area contributed by atoms with Crippen molar-refractivity contribution < 1.29 is 5.11 Å². The molecule has 0 aliphatic rings. The van der Waals surface area contributed by atoms with Crippen LogP contribution >= 0.6 is 0 Å². The minimum atomic E-state index is -0.513. The summed E-state index contributed by atoms with van der Waals surface area (Å²) in [6, 6.07) is 16.5. The number of aryl methyl sites for hydroxylation is 1. The molecular weight excluding hydrogens is 272 g/mol. The fraction of sp³-hybridized carbons (Fsp3) is 0.316. The first-order valence-corrected chi connectivity index (χ1v) is 7.88. The third-order valence-electron chi connectivity index (χ3n) is 4.13. The van der Waals surface area contributed by atoms with Crippen LogP contribution in [0.1, 0.15) is 42.8 Å². The fourth-order valence-corrected chi connectivity index (χ4v) is 2.88. The quantitative estimate of drug-likeness (QED) is 0.765. The van der Waals surface area contributed by atoms with Crippen molar-refractivity contribution in [1.29, 1.82) is 0 Å². The van der Waals surface area contributed by atoms with E-state index in [-0.39, 0.29) is 0 Å². The second-order valence-corrected chi connectivity index (χ2v) is 5.78. The van der Waals surface area contributed by atoms with E-state index in [1.165, 1.54) is 11.1 Å². The molecule has 0 saturated heterocycles. The average Bonchev–Trinajstić information content (AvgIpc) is 2.89. The van der Waals surface area contributed by atoms with Crippen LogP contribution in [-0.2, 0) is 6.54 Å². The van der Waals surface area contributed by atoms with Crippen molar-refractivity contribution in [3.8, 4) is 0 Å². The van der Waals surface area contributed by atoms with Gasteiger partial charge in [-0.25, -0.2) is 4.98 Å². The van der Waals surface area contributed by atoms with Crippen LogP contribution in [-0.4, -0.2) is 14.7 Å². The molecule has 0 bridgehead atoms. The third-order valence-corrected chi connectivity index (χ3v) is 4.13. The van der Waals surface area contributed by atoms with Gasteiger partial charge in [0.05, 0.1) is 11.0 Å². The number of aromatic nitrogens is 2. The first-order chi connectivity index (χ1) is 10.7. The van der Waals surface area contributed by atoms with Gasteiger partial charge in [0.1, 0.15) is 11.9 Å². The zero-order valence-electron chi connectivity index (χ0n) is 13.2. The largest absolute Gasteiger partial charge is 0.385 e. The Morgan fingerprint density at radius 2 is 1.82 bits per heavy atom. The van der Waals surface area contributed by atoms with Crippen molar-refractivity contribution in [3.05, 3.63) is 65.5 Å². The van der Waals surface area contributed by atoms with Crippen LogP contribution in [0.2, 0.25) is 0 Å². The Kier molecular flexibility index (Phi) is 4.25. The first kappa shape index (κ1) is 14.8. The number of para-hydroxylation sites is 2. The maximum atomic E-state index is 10.5. The highest BCUT2D eigenvalue weighted by Crippen LogP contribution is 2.25. The Labute approximate surface area is 131 Å². The number of hydrogen-bond acceptors (Lipinski definition) is 2. The average molecular weight is 294 g/mol. The summed E-state index contributed by atoms with van der Waals surface area (Å²) in [5, 5.41) is 10.5. The van der Waals surface area contributed by atoms with Crippen molar-refractivity contribution in [1.82, 2.24) is 9.55 Å². The van der Waals surface area contributed by atoms with Gasteiger partial charge in [-0.1, -0.05) is 49.7 Å². The van der Waals surface area contributed by atoms with E-state index >= 15 is 0 Å². The van der Waals surface area contributed by atoms with Gasteiger partial charge in [0, 0.05) is 6.54 Å². The van der Waals surface area contributed by atoms with Gasteiger partial charge in [0.25, 0.3) is 0 Å². The predicted molar refractivity (Wildman–Crippen MR) is 89.9 cm³/mol. The standard InChI is InChI=1S/C19H22N2O/c1-3-8-18(22)19-20-16-11-6-7-12-17(16)21(19)13-15-10-5-4-9-14(15)2/h4-7,9-12,18,22H,3,8,13H2,1-2H3. The number of benzene rings is 2. The second kappa shape index (κ2) is 6.32. The van der Waals surface area contributed by atoms with Crippen molar-refractivity contribution >= 4 is 11.0 Å². The Balaban J connectivity index is 2.09. The molecule has 114 valence electrons. The Morgan fingerprint density at radius 3 is 2.59 bits per heavy atom. The summed E-state index contributed by atoms with van der Waals surface area (Å²) in [6.07, 6.45) is 1.16. The molecule has 1 N–H and O–H groups in total. The number of fused-ring (bicyclic) bond motifs is 1. The van der Waals surface area contributed by atoms with Crippen molar-refractivity contribution in [2.24, 2.45) is 0 Å². The zero-order chi connectivity index (χ0) is 15.5. The molecule has 1 unspecified atom stereocenters. The minimum absolute atomic E-state index is 0.513. The summed E-state index contributed by atoms with van der Waals surface area (Å²) in [5.74, 6) is 0.770. The van der Waals surface area contributed by atoms with Crippen LogP contribution in [0.25, 0.3) is 11.0 Å². The van der Waals surface area contributed by atoms with Crippen LogP contribution in [0.3, 0.4) is 0 Å². The molecule has 0 saturated carbocycles. The van der Waals surface area contributed by atoms with E-state index in [2.05, 4.69) is 53.7 Å². The number of imidazole rings is 1. The molecule has 0 aliphatic carbocycles. The van der Waals surface area contributed by atoms with Crippen molar-refractivity contribution in [3.63, 3.8) is 0 Å². The number of nitrogens with zero attached hydrogens (tertiary/aromatic N) is 2. The van der Waals surface area contributed by atoms with E-state index in [1.807, 2.05) is 18.2 Å². The lowest BCUT2D eigenvalue weighted by Gasteiger charge is -2.14. The number of hydrogen-bond donors (Lipinski definition) is 1. The van der Waals surface area contributed by atoms with Gasteiger partial charge >= 0.3 is 0 Å². The molecule has 3 nitrogen and oxygen atoms in total. The van der Waals surface area contributed by atoms with Crippen molar-refractivity contribution in [2.75, 3.05) is 0 Å². The van der Waals surface area contributed by atoms with Crippen LogP contribution in [0.5, 0.6) is 0 Å². The Morgan fingerprint density at radius 1 is 1.09 bits per heavy atom. The first-order valence-electron chi connectivity index (χ1n) is 7.88. The molecule has 22 heavy (non-hydrogen) atoms. The molecule has 2 aromatic carbocycles. The summed E-state index contributed by atoms with van der Waals surface area (Å²) in [4.78, 5) is 4.67. The molecular formula is C19H22N2O. The van der Waals surface area contributed by atoms with Gasteiger partial charge in [-0.3, -0.25) is 0 Å². The van der Waals surface area contributed by atoms with Gasteiger partial charge in [-0.2, -0.15) is 0 Å². The molecule has 1 heterocycles. The van der Waals surface area contributed by atoms with Crippen LogP contribution in [0, 0.1) is 6.92 Å². The van der Waals surface area contributed by atoms with Gasteiger partial charge in [0.15, 0.2) is 0 Å². The van der Waals surface area contributed by atoms with Gasteiger partial charge < -0.3 is 9.67 Å². The van der Waals surface area contributed by atoms with E-state index in [4.69, 9.17) is 0 Å². The maximum absolute atomic E-state index is 10.5. The SMILES string of the molecule is CCCC(O)c1nc2ccccc2n1Cc1ccccc1C. The molecule has 3 heteroatoms. The molecule has 0 fully saturated rings. The normalized spacial score (nSPS) is 12.7. The number of aliphatic hydroxyl groups is 1. The molecule has 3 rings (SSSR count).